The summed E-state index contributed by atoms with van der Waals surface area (Å²) in [6.45, 7) is 0.524. The Morgan fingerprint density at radius 1 is 1.25 bits per heavy atom. The van der Waals surface area contributed by atoms with E-state index in [9.17, 15) is 4.79 Å². The molecule has 1 aromatic rings. The third-order valence-electron chi connectivity index (χ3n) is 1.87. The highest BCUT2D eigenvalue weighted by molar-refractivity contribution is 7.99. The lowest BCUT2D eigenvalue weighted by Crippen LogP contribution is -2.07. The van der Waals surface area contributed by atoms with Gasteiger partial charge in [0.2, 0.25) is 0 Å². The number of hydrogen-bond acceptors (Lipinski definition) is 4. The molecular formula is C12H16O2S2. The summed E-state index contributed by atoms with van der Waals surface area (Å²) >= 11 is 3.36. The van der Waals surface area contributed by atoms with E-state index in [0.717, 1.165) is 11.5 Å². The molecule has 88 valence electrons. The Hall–Kier alpha value is -0.610. The SMILES string of the molecule is CSCCOC(=O)CCSc1ccccc1. The number of hydrogen-bond donors (Lipinski definition) is 0. The van der Waals surface area contributed by atoms with E-state index in [1.807, 2.05) is 36.6 Å². The van der Waals surface area contributed by atoms with E-state index < -0.39 is 0 Å². The van der Waals surface area contributed by atoms with Crippen molar-refractivity contribution in [1.29, 1.82) is 0 Å². The number of ether oxygens (including phenoxy) is 1. The molecule has 0 heterocycles. The fraction of sp³-hybridized carbons (Fsp3) is 0.417. The molecular weight excluding hydrogens is 240 g/mol. The summed E-state index contributed by atoms with van der Waals surface area (Å²) in [5, 5.41) is 0. The van der Waals surface area contributed by atoms with Gasteiger partial charge in [-0.25, -0.2) is 0 Å². The average molecular weight is 256 g/mol. The van der Waals surface area contributed by atoms with E-state index in [-0.39, 0.29) is 5.97 Å². The molecule has 0 bridgehead atoms. The van der Waals surface area contributed by atoms with E-state index in [0.29, 0.717) is 13.0 Å². The summed E-state index contributed by atoms with van der Waals surface area (Å²) in [6, 6.07) is 10.1. The molecule has 4 heteroatoms. The van der Waals surface area contributed by atoms with Crippen LogP contribution >= 0.6 is 23.5 Å². The van der Waals surface area contributed by atoms with Crippen LogP contribution in [0.5, 0.6) is 0 Å². The van der Waals surface area contributed by atoms with Crippen LogP contribution in [-0.4, -0.2) is 30.3 Å². The fourth-order valence-electron chi connectivity index (χ4n) is 1.08. The first-order valence-corrected chi connectivity index (χ1v) is 7.53. The normalized spacial score (nSPS) is 10.1. The predicted molar refractivity (Wildman–Crippen MR) is 71.1 cm³/mol. The van der Waals surface area contributed by atoms with Crippen molar-refractivity contribution >= 4 is 29.5 Å². The van der Waals surface area contributed by atoms with E-state index in [1.54, 1.807) is 23.5 Å². The molecule has 2 nitrogen and oxygen atoms in total. The Morgan fingerprint density at radius 2 is 2.00 bits per heavy atom. The minimum absolute atomic E-state index is 0.0996. The summed E-state index contributed by atoms with van der Waals surface area (Å²) < 4.78 is 5.05. The topological polar surface area (TPSA) is 26.3 Å². The maximum atomic E-state index is 11.3. The molecule has 0 saturated carbocycles. The molecule has 0 radical (unpaired) electrons. The quantitative estimate of drug-likeness (QED) is 0.425. The first kappa shape index (κ1) is 13.5. The van der Waals surface area contributed by atoms with Crippen LogP contribution in [0.1, 0.15) is 6.42 Å². The molecule has 0 aromatic heterocycles. The molecule has 1 aromatic carbocycles. The van der Waals surface area contributed by atoms with Gasteiger partial charge in [0.1, 0.15) is 6.61 Å². The Kier molecular flexibility index (Phi) is 7.17. The molecule has 0 aliphatic heterocycles. The van der Waals surface area contributed by atoms with Crippen LogP contribution in [0.2, 0.25) is 0 Å². The number of carbonyl (C=O) groups excluding carboxylic acids is 1. The summed E-state index contributed by atoms with van der Waals surface area (Å²) in [5.41, 5.74) is 0. The van der Waals surface area contributed by atoms with Gasteiger partial charge in [-0.05, 0) is 18.4 Å². The second-order valence-electron chi connectivity index (χ2n) is 3.12. The molecule has 1 rings (SSSR count). The van der Waals surface area contributed by atoms with Crippen molar-refractivity contribution in [3.05, 3.63) is 30.3 Å². The Bertz CT molecular complexity index is 301. The highest BCUT2D eigenvalue weighted by atomic mass is 32.2. The van der Waals surface area contributed by atoms with Crippen LogP contribution in [0.25, 0.3) is 0 Å². The number of esters is 1. The number of carbonyl (C=O) groups is 1. The smallest absolute Gasteiger partial charge is 0.306 e. The maximum absolute atomic E-state index is 11.3. The van der Waals surface area contributed by atoms with E-state index in [2.05, 4.69) is 0 Å². The van der Waals surface area contributed by atoms with Crippen LogP contribution in [-0.2, 0) is 9.53 Å². The van der Waals surface area contributed by atoms with Gasteiger partial charge in [0.05, 0.1) is 6.42 Å². The predicted octanol–water partition coefficient (Wildman–Crippen LogP) is 3.08. The summed E-state index contributed by atoms with van der Waals surface area (Å²) in [7, 11) is 0. The van der Waals surface area contributed by atoms with Gasteiger partial charge >= 0.3 is 5.97 Å². The largest absolute Gasteiger partial charge is 0.465 e. The second-order valence-corrected chi connectivity index (χ2v) is 5.28. The van der Waals surface area contributed by atoms with Crippen molar-refractivity contribution in [3.8, 4) is 0 Å². The van der Waals surface area contributed by atoms with Crippen molar-refractivity contribution in [2.24, 2.45) is 0 Å². The second kappa shape index (κ2) is 8.53. The number of rotatable bonds is 7. The third kappa shape index (κ3) is 6.08. The van der Waals surface area contributed by atoms with Crippen molar-refractivity contribution in [1.82, 2.24) is 0 Å². The lowest BCUT2D eigenvalue weighted by atomic mass is 10.4. The van der Waals surface area contributed by atoms with E-state index in [4.69, 9.17) is 4.74 Å². The van der Waals surface area contributed by atoms with Crippen molar-refractivity contribution in [3.63, 3.8) is 0 Å². The van der Waals surface area contributed by atoms with Gasteiger partial charge in [-0.1, -0.05) is 18.2 Å². The third-order valence-corrected chi connectivity index (χ3v) is 3.46. The van der Waals surface area contributed by atoms with E-state index in [1.165, 1.54) is 4.90 Å². The monoisotopic (exact) mass is 256 g/mol. The highest BCUT2D eigenvalue weighted by Crippen LogP contribution is 2.17. The van der Waals surface area contributed by atoms with E-state index >= 15 is 0 Å². The molecule has 0 spiro atoms. The lowest BCUT2D eigenvalue weighted by Gasteiger charge is -2.03. The Balaban J connectivity index is 2.09. The number of thioether (sulfide) groups is 2. The molecule has 0 saturated heterocycles. The van der Waals surface area contributed by atoms with Crippen molar-refractivity contribution in [2.75, 3.05) is 24.4 Å². The molecule has 0 N–H and O–H groups in total. The minimum Gasteiger partial charge on any atom is -0.465 e. The molecule has 0 fully saturated rings. The molecule has 16 heavy (non-hydrogen) atoms. The standard InChI is InChI=1S/C12H16O2S2/c1-15-10-8-14-12(13)7-9-16-11-5-3-2-4-6-11/h2-6H,7-10H2,1H3. The van der Waals surface area contributed by atoms with Crippen LogP contribution in [0.15, 0.2) is 35.2 Å². The van der Waals surface area contributed by atoms with Gasteiger partial charge < -0.3 is 4.74 Å². The van der Waals surface area contributed by atoms with Crippen LogP contribution in [0.4, 0.5) is 0 Å². The van der Waals surface area contributed by atoms with Gasteiger partial charge in [0.15, 0.2) is 0 Å². The summed E-state index contributed by atoms with van der Waals surface area (Å²) in [6.07, 6.45) is 2.48. The fourth-order valence-corrected chi connectivity index (χ4v) is 2.18. The Labute approximate surface area is 105 Å². The van der Waals surface area contributed by atoms with Crippen LogP contribution < -0.4 is 0 Å². The molecule has 0 atom stereocenters. The van der Waals surface area contributed by atoms with Gasteiger partial charge in [0.25, 0.3) is 0 Å². The molecule has 0 aliphatic carbocycles. The molecule has 0 aliphatic rings. The van der Waals surface area contributed by atoms with Crippen molar-refractivity contribution < 1.29 is 9.53 Å². The Morgan fingerprint density at radius 3 is 2.69 bits per heavy atom. The van der Waals surface area contributed by atoms with Crippen LogP contribution in [0.3, 0.4) is 0 Å². The van der Waals surface area contributed by atoms with Crippen LogP contribution in [0, 0.1) is 0 Å². The summed E-state index contributed by atoms with van der Waals surface area (Å²) in [5.74, 6) is 1.55. The molecule has 0 unspecified atom stereocenters. The first-order chi connectivity index (χ1) is 7.83. The zero-order chi connectivity index (χ0) is 11.6. The lowest BCUT2D eigenvalue weighted by molar-refractivity contribution is -0.142. The van der Waals surface area contributed by atoms with Gasteiger partial charge in [-0.15, -0.1) is 11.8 Å². The van der Waals surface area contributed by atoms with Gasteiger partial charge in [-0.3, -0.25) is 4.79 Å². The maximum Gasteiger partial charge on any atom is 0.306 e. The number of benzene rings is 1. The zero-order valence-corrected chi connectivity index (χ0v) is 11.0. The first-order valence-electron chi connectivity index (χ1n) is 5.15. The summed E-state index contributed by atoms with van der Waals surface area (Å²) in [4.78, 5) is 12.5. The van der Waals surface area contributed by atoms with Gasteiger partial charge in [0, 0.05) is 16.4 Å². The zero-order valence-electron chi connectivity index (χ0n) is 9.35. The average Bonchev–Trinajstić information content (AvgIpc) is 2.31. The molecule has 0 amide bonds. The highest BCUT2D eigenvalue weighted by Gasteiger charge is 2.02. The van der Waals surface area contributed by atoms with Crippen molar-refractivity contribution in [2.45, 2.75) is 11.3 Å². The minimum atomic E-state index is -0.0996. The van der Waals surface area contributed by atoms with Gasteiger partial charge in [-0.2, -0.15) is 11.8 Å².